The minimum absolute atomic E-state index is 0.0259. The summed E-state index contributed by atoms with van der Waals surface area (Å²) in [5.41, 5.74) is 2.11. The van der Waals surface area contributed by atoms with E-state index >= 15 is 0 Å². The van der Waals surface area contributed by atoms with Gasteiger partial charge in [-0.1, -0.05) is 6.07 Å². The van der Waals surface area contributed by atoms with Gasteiger partial charge >= 0.3 is 5.76 Å². The van der Waals surface area contributed by atoms with E-state index in [1.165, 1.54) is 21.7 Å². The third-order valence-electron chi connectivity index (χ3n) is 5.20. The van der Waals surface area contributed by atoms with E-state index in [9.17, 15) is 19.2 Å². The standard InChI is InChI=1S/C20H17N7O5/c1-26-9-13(19(26)30)24-18(29)14-7-12(23-16-4-5-22-27(14)16)17(28)21-8-10-2-3-15-11(6-10)25-20(31)32-15/h2-7,13H,8-9H2,1H3,(H,21,28)(H,24,29)(H,25,31)/t13-/m0/s1. The van der Waals surface area contributed by atoms with E-state index in [1.54, 1.807) is 31.3 Å². The molecule has 1 aromatic carbocycles. The molecule has 0 unspecified atom stereocenters. The minimum atomic E-state index is -0.604. The van der Waals surface area contributed by atoms with Crippen molar-refractivity contribution < 1.29 is 18.8 Å². The fraction of sp³-hybridized carbons (Fsp3) is 0.200. The van der Waals surface area contributed by atoms with Crippen molar-refractivity contribution in [2.24, 2.45) is 0 Å². The van der Waals surface area contributed by atoms with E-state index in [1.807, 2.05) is 0 Å². The normalized spacial score (nSPS) is 15.7. The summed E-state index contributed by atoms with van der Waals surface area (Å²) in [6.45, 7) is 0.579. The summed E-state index contributed by atoms with van der Waals surface area (Å²) in [5.74, 6) is -1.77. The maximum atomic E-state index is 12.8. The van der Waals surface area contributed by atoms with Gasteiger partial charge in [0.2, 0.25) is 5.91 Å². The Bertz CT molecular complexity index is 1450. The summed E-state index contributed by atoms with van der Waals surface area (Å²) in [6.07, 6.45) is 1.46. The number of β-lactam (4-membered cyclic amide) rings is 1. The van der Waals surface area contributed by atoms with Crippen molar-refractivity contribution in [3.8, 4) is 0 Å². The Balaban J connectivity index is 1.35. The number of aromatic nitrogens is 4. The number of aromatic amines is 1. The van der Waals surface area contributed by atoms with Crippen LogP contribution < -0.4 is 16.4 Å². The van der Waals surface area contributed by atoms with Crippen LogP contribution in [0, 0.1) is 0 Å². The molecule has 0 radical (unpaired) electrons. The summed E-state index contributed by atoms with van der Waals surface area (Å²) < 4.78 is 6.27. The quantitative estimate of drug-likeness (QED) is 0.362. The Morgan fingerprint density at radius 1 is 1.22 bits per heavy atom. The zero-order valence-corrected chi connectivity index (χ0v) is 16.8. The Kier molecular flexibility index (Phi) is 4.47. The van der Waals surface area contributed by atoms with E-state index in [-0.39, 0.29) is 23.8 Å². The molecule has 1 saturated heterocycles. The molecule has 3 aromatic heterocycles. The number of nitrogens with zero attached hydrogens (tertiary/aromatic N) is 4. The molecular weight excluding hydrogens is 418 g/mol. The molecule has 0 bridgehead atoms. The summed E-state index contributed by atoms with van der Waals surface area (Å²) in [7, 11) is 1.65. The predicted octanol–water partition coefficient (Wildman–Crippen LogP) is -0.336. The summed E-state index contributed by atoms with van der Waals surface area (Å²) in [5, 5.41) is 9.47. The number of hydrogen-bond acceptors (Lipinski definition) is 7. The Morgan fingerprint density at radius 2 is 2.06 bits per heavy atom. The second-order valence-electron chi connectivity index (χ2n) is 7.40. The molecule has 0 spiro atoms. The highest BCUT2D eigenvalue weighted by Gasteiger charge is 2.35. The van der Waals surface area contributed by atoms with Gasteiger partial charge in [-0.05, 0) is 17.7 Å². The Labute approximate surface area is 179 Å². The predicted molar refractivity (Wildman–Crippen MR) is 110 cm³/mol. The van der Waals surface area contributed by atoms with Crippen molar-refractivity contribution in [1.29, 1.82) is 0 Å². The van der Waals surface area contributed by atoms with Gasteiger partial charge in [0.15, 0.2) is 11.2 Å². The van der Waals surface area contributed by atoms with Crippen LogP contribution in [-0.2, 0) is 11.3 Å². The molecule has 3 amide bonds. The fourth-order valence-electron chi connectivity index (χ4n) is 3.51. The van der Waals surface area contributed by atoms with E-state index in [2.05, 4.69) is 25.7 Å². The van der Waals surface area contributed by atoms with Gasteiger partial charge in [0.25, 0.3) is 11.8 Å². The van der Waals surface area contributed by atoms with Gasteiger partial charge in [-0.2, -0.15) is 5.10 Å². The fourth-order valence-corrected chi connectivity index (χ4v) is 3.51. The lowest BCUT2D eigenvalue weighted by Crippen LogP contribution is -2.62. The number of nitrogens with one attached hydrogen (secondary N) is 3. The average Bonchev–Trinajstić information content (AvgIpc) is 3.41. The van der Waals surface area contributed by atoms with Gasteiger partial charge < -0.3 is 20.0 Å². The summed E-state index contributed by atoms with van der Waals surface area (Å²) >= 11 is 0. The van der Waals surface area contributed by atoms with Crippen molar-refractivity contribution in [1.82, 2.24) is 35.1 Å². The molecule has 0 saturated carbocycles. The van der Waals surface area contributed by atoms with Crippen LogP contribution in [0.25, 0.3) is 16.7 Å². The number of H-pyrrole nitrogens is 1. The minimum Gasteiger partial charge on any atom is -0.408 e. The molecule has 4 heterocycles. The highest BCUT2D eigenvalue weighted by Crippen LogP contribution is 2.14. The highest BCUT2D eigenvalue weighted by molar-refractivity contribution is 6.01. The molecule has 1 aliphatic heterocycles. The van der Waals surface area contributed by atoms with Crippen LogP contribution in [0.3, 0.4) is 0 Å². The molecule has 1 fully saturated rings. The first kappa shape index (κ1) is 19.5. The van der Waals surface area contributed by atoms with Crippen molar-refractivity contribution in [3.63, 3.8) is 0 Å². The van der Waals surface area contributed by atoms with Gasteiger partial charge in [-0.15, -0.1) is 0 Å². The Morgan fingerprint density at radius 3 is 2.84 bits per heavy atom. The molecule has 3 N–H and O–H groups in total. The van der Waals surface area contributed by atoms with Gasteiger partial charge in [0, 0.05) is 32.3 Å². The maximum Gasteiger partial charge on any atom is 0.417 e. The molecule has 1 aliphatic rings. The second kappa shape index (κ2) is 7.34. The topological polar surface area (TPSA) is 155 Å². The molecule has 12 nitrogen and oxygen atoms in total. The number of hydrogen-bond donors (Lipinski definition) is 3. The first-order valence-corrected chi connectivity index (χ1v) is 9.69. The van der Waals surface area contributed by atoms with Crippen LogP contribution in [-0.4, -0.2) is 61.8 Å². The van der Waals surface area contributed by atoms with Crippen LogP contribution in [0.5, 0.6) is 0 Å². The number of carbonyl (C=O) groups is 3. The highest BCUT2D eigenvalue weighted by atomic mass is 16.4. The van der Waals surface area contributed by atoms with Crippen LogP contribution in [0.2, 0.25) is 0 Å². The Hall–Kier alpha value is -4.48. The maximum absolute atomic E-state index is 12.8. The van der Waals surface area contributed by atoms with Gasteiger partial charge in [-0.25, -0.2) is 14.3 Å². The largest absolute Gasteiger partial charge is 0.417 e. The lowest BCUT2D eigenvalue weighted by atomic mass is 10.1. The lowest BCUT2D eigenvalue weighted by molar-refractivity contribution is -0.141. The molecule has 1 atom stereocenters. The van der Waals surface area contributed by atoms with Crippen molar-refractivity contribution >= 4 is 34.5 Å². The lowest BCUT2D eigenvalue weighted by Gasteiger charge is -2.35. The van der Waals surface area contributed by atoms with E-state index in [4.69, 9.17) is 4.42 Å². The molecule has 0 aliphatic carbocycles. The average molecular weight is 435 g/mol. The third kappa shape index (κ3) is 3.37. The molecule has 162 valence electrons. The molecule has 4 aromatic rings. The van der Waals surface area contributed by atoms with Crippen LogP contribution in [0.1, 0.15) is 26.5 Å². The van der Waals surface area contributed by atoms with E-state index in [0.29, 0.717) is 23.3 Å². The van der Waals surface area contributed by atoms with Gasteiger partial charge in [0.05, 0.1) is 11.7 Å². The number of benzene rings is 1. The summed E-state index contributed by atoms with van der Waals surface area (Å²) in [6, 6.07) is 7.34. The molecule has 5 rings (SSSR count). The number of likely N-dealkylation sites (N-methyl/N-ethyl adjacent to an activating group) is 1. The molecule has 12 heteroatoms. The second-order valence-corrected chi connectivity index (χ2v) is 7.40. The number of oxazole rings is 1. The smallest absolute Gasteiger partial charge is 0.408 e. The zero-order valence-electron chi connectivity index (χ0n) is 16.8. The van der Waals surface area contributed by atoms with Crippen LogP contribution in [0.4, 0.5) is 0 Å². The van der Waals surface area contributed by atoms with Crippen molar-refractivity contribution in [3.05, 3.63) is 64.0 Å². The number of rotatable bonds is 5. The van der Waals surface area contributed by atoms with Gasteiger partial charge in [-0.3, -0.25) is 19.4 Å². The first-order valence-electron chi connectivity index (χ1n) is 9.69. The number of fused-ring (bicyclic) bond motifs is 2. The molecular formula is C20H17N7O5. The monoisotopic (exact) mass is 435 g/mol. The number of carbonyl (C=O) groups excluding carboxylic acids is 3. The SMILES string of the molecule is CN1C[C@H](NC(=O)c2cc(C(=O)NCc3ccc4oc(=O)[nH]c4c3)nc3ccnn23)C1=O. The van der Waals surface area contributed by atoms with Crippen LogP contribution >= 0.6 is 0 Å². The molecule has 32 heavy (non-hydrogen) atoms. The zero-order chi connectivity index (χ0) is 22.4. The first-order chi connectivity index (χ1) is 15.4. The van der Waals surface area contributed by atoms with Gasteiger partial charge in [0.1, 0.15) is 17.4 Å². The van der Waals surface area contributed by atoms with Crippen molar-refractivity contribution in [2.45, 2.75) is 12.6 Å². The number of likely N-dealkylation sites (tertiary alicyclic amines) is 1. The van der Waals surface area contributed by atoms with Crippen molar-refractivity contribution in [2.75, 3.05) is 13.6 Å². The third-order valence-corrected chi connectivity index (χ3v) is 5.20. The van der Waals surface area contributed by atoms with Crippen LogP contribution in [0.15, 0.2) is 45.7 Å². The van der Waals surface area contributed by atoms with E-state index < -0.39 is 23.6 Å². The number of amides is 3. The summed E-state index contributed by atoms with van der Waals surface area (Å²) in [4.78, 5) is 56.9. The van der Waals surface area contributed by atoms with E-state index in [0.717, 1.165) is 5.56 Å².